The monoisotopic (exact) mass is 231 g/mol. The molecule has 0 aromatic heterocycles. The molecule has 1 nitrogen and oxygen atoms in total. The fourth-order valence-electron chi connectivity index (χ4n) is 3.10. The molecule has 0 spiro atoms. The van der Waals surface area contributed by atoms with Gasteiger partial charge < -0.3 is 5.32 Å². The van der Waals surface area contributed by atoms with Crippen LogP contribution in [0, 0.1) is 12.3 Å². The van der Waals surface area contributed by atoms with Crippen LogP contribution in [0.25, 0.3) is 0 Å². The van der Waals surface area contributed by atoms with Crippen molar-refractivity contribution < 1.29 is 0 Å². The van der Waals surface area contributed by atoms with Gasteiger partial charge in [0.2, 0.25) is 0 Å². The summed E-state index contributed by atoms with van der Waals surface area (Å²) in [5.41, 5.74) is 3.29. The molecule has 1 aromatic rings. The standard InChI is InChI=1S/C16H25N/c1-12-8-5-6-9-14(12)13(2)17-15-10-7-11-16(15,3)4/h5-6,8-9,13,15,17H,7,10-11H2,1-4H3/t13-,15?/m0/s1. The molecule has 1 aliphatic carbocycles. The number of rotatable bonds is 3. The molecule has 0 heterocycles. The molecule has 1 heteroatoms. The van der Waals surface area contributed by atoms with E-state index in [0.29, 0.717) is 17.5 Å². The first kappa shape index (κ1) is 12.6. The van der Waals surface area contributed by atoms with Gasteiger partial charge in [0.1, 0.15) is 0 Å². The van der Waals surface area contributed by atoms with E-state index < -0.39 is 0 Å². The lowest BCUT2D eigenvalue weighted by Crippen LogP contribution is -2.39. The van der Waals surface area contributed by atoms with Crippen LogP contribution in [0.5, 0.6) is 0 Å². The number of hydrogen-bond donors (Lipinski definition) is 1. The minimum Gasteiger partial charge on any atom is -0.307 e. The predicted octanol–water partition coefficient (Wildman–Crippen LogP) is 4.22. The lowest BCUT2D eigenvalue weighted by molar-refractivity contribution is 0.266. The second-order valence-electron chi connectivity index (χ2n) is 6.18. The van der Waals surface area contributed by atoms with E-state index in [4.69, 9.17) is 0 Å². The van der Waals surface area contributed by atoms with Crippen LogP contribution < -0.4 is 5.32 Å². The highest BCUT2D eigenvalue weighted by molar-refractivity contribution is 5.28. The van der Waals surface area contributed by atoms with E-state index in [2.05, 4.69) is 57.3 Å². The molecule has 2 atom stereocenters. The molecule has 0 saturated heterocycles. The summed E-state index contributed by atoms with van der Waals surface area (Å²) in [6.45, 7) is 9.27. The first-order chi connectivity index (χ1) is 8.00. The van der Waals surface area contributed by atoms with Crippen LogP contribution in [0.1, 0.15) is 57.2 Å². The maximum Gasteiger partial charge on any atom is 0.0297 e. The quantitative estimate of drug-likeness (QED) is 0.821. The highest BCUT2D eigenvalue weighted by Crippen LogP contribution is 2.38. The summed E-state index contributed by atoms with van der Waals surface area (Å²) in [6, 6.07) is 9.82. The van der Waals surface area contributed by atoms with Gasteiger partial charge in [-0.2, -0.15) is 0 Å². The summed E-state index contributed by atoms with van der Waals surface area (Å²) in [4.78, 5) is 0. The van der Waals surface area contributed by atoms with E-state index in [-0.39, 0.29) is 0 Å². The van der Waals surface area contributed by atoms with Crippen molar-refractivity contribution in [3.05, 3.63) is 35.4 Å². The minimum atomic E-state index is 0.455. The summed E-state index contributed by atoms with van der Waals surface area (Å²) < 4.78 is 0. The molecule has 0 radical (unpaired) electrons. The highest BCUT2D eigenvalue weighted by atomic mass is 15.0. The number of hydrogen-bond acceptors (Lipinski definition) is 1. The Morgan fingerprint density at radius 2 is 2.00 bits per heavy atom. The molecule has 1 fully saturated rings. The van der Waals surface area contributed by atoms with E-state index in [1.165, 1.54) is 30.4 Å². The molecule has 17 heavy (non-hydrogen) atoms. The molecular weight excluding hydrogens is 206 g/mol. The average molecular weight is 231 g/mol. The van der Waals surface area contributed by atoms with Crippen LogP contribution in [0.2, 0.25) is 0 Å². The molecule has 1 N–H and O–H groups in total. The maximum absolute atomic E-state index is 3.83. The van der Waals surface area contributed by atoms with Gasteiger partial charge in [0.05, 0.1) is 0 Å². The van der Waals surface area contributed by atoms with E-state index >= 15 is 0 Å². The van der Waals surface area contributed by atoms with Gasteiger partial charge in [-0.1, -0.05) is 44.5 Å². The topological polar surface area (TPSA) is 12.0 Å². The van der Waals surface area contributed by atoms with Crippen LogP contribution >= 0.6 is 0 Å². The zero-order chi connectivity index (χ0) is 12.5. The highest BCUT2D eigenvalue weighted by Gasteiger charge is 2.35. The van der Waals surface area contributed by atoms with Crippen LogP contribution in [0.4, 0.5) is 0 Å². The van der Waals surface area contributed by atoms with Gasteiger partial charge in [-0.3, -0.25) is 0 Å². The van der Waals surface area contributed by atoms with Crippen LogP contribution in [-0.4, -0.2) is 6.04 Å². The van der Waals surface area contributed by atoms with E-state index in [1.807, 2.05) is 0 Å². The smallest absolute Gasteiger partial charge is 0.0297 e. The summed E-state index contributed by atoms with van der Waals surface area (Å²) in [5, 5.41) is 3.83. The lowest BCUT2D eigenvalue weighted by atomic mass is 9.86. The Morgan fingerprint density at radius 3 is 2.59 bits per heavy atom. The number of nitrogens with one attached hydrogen (secondary N) is 1. The largest absolute Gasteiger partial charge is 0.307 e. The Kier molecular flexibility index (Phi) is 3.58. The van der Waals surface area contributed by atoms with Crippen molar-refractivity contribution in [3.8, 4) is 0 Å². The molecule has 0 aliphatic heterocycles. The van der Waals surface area contributed by atoms with E-state index in [1.54, 1.807) is 0 Å². The first-order valence-corrected chi connectivity index (χ1v) is 6.82. The third-order valence-electron chi connectivity index (χ3n) is 4.36. The summed E-state index contributed by atoms with van der Waals surface area (Å²) in [5.74, 6) is 0. The van der Waals surface area contributed by atoms with Crippen molar-refractivity contribution in [2.45, 2.75) is 59.0 Å². The molecule has 1 saturated carbocycles. The van der Waals surface area contributed by atoms with Gasteiger partial charge in [-0.15, -0.1) is 0 Å². The fourth-order valence-corrected chi connectivity index (χ4v) is 3.10. The maximum atomic E-state index is 3.83. The second kappa shape index (κ2) is 4.81. The Morgan fingerprint density at radius 1 is 1.29 bits per heavy atom. The van der Waals surface area contributed by atoms with Gasteiger partial charge >= 0.3 is 0 Å². The van der Waals surface area contributed by atoms with Gasteiger partial charge in [0.25, 0.3) is 0 Å². The zero-order valence-corrected chi connectivity index (χ0v) is 11.6. The lowest BCUT2D eigenvalue weighted by Gasteiger charge is -2.31. The molecule has 1 aromatic carbocycles. The second-order valence-corrected chi connectivity index (χ2v) is 6.18. The summed E-state index contributed by atoms with van der Waals surface area (Å²) in [6.07, 6.45) is 4.04. The van der Waals surface area contributed by atoms with Crippen LogP contribution in [0.15, 0.2) is 24.3 Å². The average Bonchev–Trinajstić information content (AvgIpc) is 2.59. The Balaban J connectivity index is 2.07. The van der Waals surface area contributed by atoms with Crippen molar-refractivity contribution in [2.75, 3.05) is 0 Å². The van der Waals surface area contributed by atoms with Crippen molar-refractivity contribution in [1.82, 2.24) is 5.32 Å². The SMILES string of the molecule is Cc1ccccc1[C@H](C)NC1CCCC1(C)C. The Bertz CT molecular complexity index is 381. The number of benzene rings is 1. The number of aryl methyl sites for hydroxylation is 1. The molecule has 94 valence electrons. The molecule has 1 unspecified atom stereocenters. The van der Waals surface area contributed by atoms with Gasteiger partial charge in [-0.25, -0.2) is 0 Å². The molecule has 0 bridgehead atoms. The van der Waals surface area contributed by atoms with E-state index in [9.17, 15) is 0 Å². The van der Waals surface area contributed by atoms with Gasteiger partial charge in [0.15, 0.2) is 0 Å². The van der Waals surface area contributed by atoms with Crippen molar-refractivity contribution in [3.63, 3.8) is 0 Å². The summed E-state index contributed by atoms with van der Waals surface area (Å²) >= 11 is 0. The van der Waals surface area contributed by atoms with Crippen molar-refractivity contribution in [1.29, 1.82) is 0 Å². The van der Waals surface area contributed by atoms with Crippen LogP contribution in [-0.2, 0) is 0 Å². The zero-order valence-electron chi connectivity index (χ0n) is 11.6. The third kappa shape index (κ3) is 2.71. The molecule has 0 amide bonds. The van der Waals surface area contributed by atoms with Crippen LogP contribution in [0.3, 0.4) is 0 Å². The van der Waals surface area contributed by atoms with Gasteiger partial charge in [0, 0.05) is 12.1 Å². The molecule has 1 aliphatic rings. The summed E-state index contributed by atoms with van der Waals surface area (Å²) in [7, 11) is 0. The van der Waals surface area contributed by atoms with E-state index in [0.717, 1.165) is 0 Å². The Labute approximate surface area is 106 Å². The van der Waals surface area contributed by atoms with Crippen molar-refractivity contribution >= 4 is 0 Å². The fraction of sp³-hybridized carbons (Fsp3) is 0.625. The molecular formula is C16H25N. The normalized spacial score (nSPS) is 24.8. The minimum absolute atomic E-state index is 0.455. The Hall–Kier alpha value is -0.820. The van der Waals surface area contributed by atoms with Crippen molar-refractivity contribution in [2.24, 2.45) is 5.41 Å². The van der Waals surface area contributed by atoms with Gasteiger partial charge in [-0.05, 0) is 43.2 Å². The first-order valence-electron chi connectivity index (χ1n) is 6.82. The predicted molar refractivity (Wildman–Crippen MR) is 74.1 cm³/mol. The molecule has 2 rings (SSSR count). The third-order valence-corrected chi connectivity index (χ3v) is 4.36.